The Balaban J connectivity index is 1.27. The number of hydrogen-bond acceptors (Lipinski definition) is 4. The van der Waals surface area contributed by atoms with Gasteiger partial charge in [0, 0.05) is 0 Å². The molecule has 7 heteroatoms. The molecule has 29 heavy (non-hydrogen) atoms. The fourth-order valence-corrected chi connectivity index (χ4v) is 4.14. The number of anilines is 1. The number of para-hydroxylation sites is 1. The van der Waals surface area contributed by atoms with E-state index in [1.807, 2.05) is 43.3 Å². The van der Waals surface area contributed by atoms with Crippen molar-refractivity contribution in [2.75, 3.05) is 50.8 Å². The van der Waals surface area contributed by atoms with E-state index in [-0.39, 0.29) is 11.9 Å². The number of halogens is 1. The van der Waals surface area contributed by atoms with Gasteiger partial charge >= 0.3 is 0 Å². The van der Waals surface area contributed by atoms with Crippen LogP contribution < -0.4 is 24.6 Å². The van der Waals surface area contributed by atoms with Gasteiger partial charge in [0.25, 0.3) is 5.91 Å². The minimum absolute atomic E-state index is 0.0635. The third kappa shape index (κ3) is 4.77. The molecule has 2 aromatic carbocycles. The van der Waals surface area contributed by atoms with E-state index in [0.29, 0.717) is 19.8 Å². The van der Waals surface area contributed by atoms with Crippen LogP contribution in [0.4, 0.5) is 5.69 Å². The van der Waals surface area contributed by atoms with E-state index in [2.05, 4.69) is 16.3 Å². The number of quaternary nitrogens is 1. The first-order chi connectivity index (χ1) is 14.1. The Morgan fingerprint density at radius 3 is 2.62 bits per heavy atom. The summed E-state index contributed by atoms with van der Waals surface area (Å²) in [5, 5.41) is 3.89. The average Bonchev–Trinajstić information content (AvgIpc) is 2.74. The van der Waals surface area contributed by atoms with Gasteiger partial charge in [0.1, 0.15) is 13.2 Å². The lowest BCUT2D eigenvalue weighted by atomic mass is 10.1. The van der Waals surface area contributed by atoms with Crippen molar-refractivity contribution in [3.63, 3.8) is 0 Å². The van der Waals surface area contributed by atoms with Gasteiger partial charge in [-0.3, -0.25) is 4.79 Å². The molecule has 0 unspecified atom stereocenters. The Bertz CT molecular complexity index is 868. The number of nitrogens with one attached hydrogen (secondary N) is 2. The molecule has 0 aromatic heterocycles. The summed E-state index contributed by atoms with van der Waals surface area (Å²) < 4.78 is 11.2. The van der Waals surface area contributed by atoms with Crippen LogP contribution >= 0.6 is 11.6 Å². The first kappa shape index (κ1) is 19.9. The van der Waals surface area contributed by atoms with Crippen molar-refractivity contribution in [2.45, 2.75) is 13.0 Å². The van der Waals surface area contributed by atoms with Crippen molar-refractivity contribution in [2.24, 2.45) is 0 Å². The van der Waals surface area contributed by atoms with E-state index in [1.165, 1.54) is 4.90 Å². The molecule has 2 N–H and O–H groups in total. The summed E-state index contributed by atoms with van der Waals surface area (Å²) in [7, 11) is 0. The van der Waals surface area contributed by atoms with Crippen molar-refractivity contribution < 1.29 is 19.2 Å². The fraction of sp³-hybridized carbons (Fsp3) is 0.409. The SMILES string of the molecule is C[C@@H](NC(=O)C[NH+]1CCN(c2ccccc2Cl)CC1)c1ccc2c(c1)OCCO2. The van der Waals surface area contributed by atoms with Gasteiger partial charge in [-0.25, -0.2) is 0 Å². The first-order valence-corrected chi connectivity index (χ1v) is 10.5. The van der Waals surface area contributed by atoms with Gasteiger partial charge < -0.3 is 24.6 Å². The highest BCUT2D eigenvalue weighted by Gasteiger charge is 2.24. The number of hydrogen-bond donors (Lipinski definition) is 2. The number of carbonyl (C=O) groups is 1. The monoisotopic (exact) mass is 416 g/mol. The highest BCUT2D eigenvalue weighted by atomic mass is 35.5. The minimum Gasteiger partial charge on any atom is -0.486 e. The summed E-state index contributed by atoms with van der Waals surface area (Å²) in [6.45, 7) is 7.22. The largest absolute Gasteiger partial charge is 0.486 e. The van der Waals surface area contributed by atoms with Crippen LogP contribution in [0.1, 0.15) is 18.5 Å². The van der Waals surface area contributed by atoms with Crippen molar-refractivity contribution in [1.82, 2.24) is 5.32 Å². The fourth-order valence-electron chi connectivity index (χ4n) is 3.88. The number of fused-ring (bicyclic) bond motifs is 1. The Hall–Kier alpha value is -2.44. The summed E-state index contributed by atoms with van der Waals surface area (Å²) in [5.41, 5.74) is 2.09. The van der Waals surface area contributed by atoms with E-state index in [1.54, 1.807) is 0 Å². The third-order valence-electron chi connectivity index (χ3n) is 5.52. The quantitative estimate of drug-likeness (QED) is 0.779. The van der Waals surface area contributed by atoms with E-state index < -0.39 is 0 Å². The zero-order valence-electron chi connectivity index (χ0n) is 16.6. The summed E-state index contributed by atoms with van der Waals surface area (Å²) in [4.78, 5) is 16.2. The third-order valence-corrected chi connectivity index (χ3v) is 5.84. The Kier molecular flexibility index (Phi) is 6.11. The maximum Gasteiger partial charge on any atom is 0.275 e. The second kappa shape index (κ2) is 8.93. The molecule has 0 bridgehead atoms. The lowest BCUT2D eigenvalue weighted by Gasteiger charge is -2.34. The lowest BCUT2D eigenvalue weighted by molar-refractivity contribution is -0.892. The molecular weight excluding hydrogens is 390 g/mol. The average molecular weight is 417 g/mol. The van der Waals surface area contributed by atoms with Gasteiger partial charge in [0.05, 0.1) is 42.9 Å². The van der Waals surface area contributed by atoms with Crippen LogP contribution in [-0.2, 0) is 4.79 Å². The normalized spacial score (nSPS) is 17.7. The molecule has 1 fully saturated rings. The zero-order chi connectivity index (χ0) is 20.2. The smallest absolute Gasteiger partial charge is 0.275 e. The highest BCUT2D eigenvalue weighted by Crippen LogP contribution is 2.32. The Labute approximate surface area is 176 Å². The van der Waals surface area contributed by atoms with Crippen LogP contribution in [0.5, 0.6) is 11.5 Å². The summed E-state index contributed by atoms with van der Waals surface area (Å²) in [5.74, 6) is 1.57. The van der Waals surface area contributed by atoms with Gasteiger partial charge in [-0.05, 0) is 36.8 Å². The number of carbonyl (C=O) groups excluding carboxylic acids is 1. The molecule has 2 aliphatic rings. The first-order valence-electron chi connectivity index (χ1n) is 10.1. The predicted molar refractivity (Wildman–Crippen MR) is 113 cm³/mol. The van der Waals surface area contributed by atoms with E-state index in [9.17, 15) is 4.79 Å². The van der Waals surface area contributed by atoms with Gasteiger partial charge in [-0.2, -0.15) is 0 Å². The predicted octanol–water partition coefficient (Wildman–Crippen LogP) is 1.69. The molecule has 0 spiro atoms. The zero-order valence-corrected chi connectivity index (χ0v) is 17.4. The molecule has 154 valence electrons. The molecule has 2 aromatic rings. The van der Waals surface area contributed by atoms with E-state index in [4.69, 9.17) is 21.1 Å². The molecule has 2 aliphatic heterocycles. The maximum absolute atomic E-state index is 12.6. The second-order valence-electron chi connectivity index (χ2n) is 7.56. The molecule has 0 saturated carbocycles. The summed E-state index contributed by atoms with van der Waals surface area (Å²) in [6.07, 6.45) is 0. The maximum atomic E-state index is 12.6. The molecule has 1 amide bonds. The van der Waals surface area contributed by atoms with Crippen molar-refractivity contribution in [3.05, 3.63) is 53.1 Å². The standard InChI is InChI=1S/C22H26ClN3O3/c1-16(17-6-7-20-21(14-17)29-13-12-28-20)24-22(27)15-25-8-10-26(11-9-25)19-5-3-2-4-18(19)23/h2-7,14,16H,8-13,15H2,1H3,(H,24,27)/p+1/t16-/m1/s1. The summed E-state index contributed by atoms with van der Waals surface area (Å²) in [6, 6.07) is 13.7. The van der Waals surface area contributed by atoms with Crippen molar-refractivity contribution in [3.8, 4) is 11.5 Å². The summed E-state index contributed by atoms with van der Waals surface area (Å²) >= 11 is 6.31. The van der Waals surface area contributed by atoms with Crippen LogP contribution in [0.15, 0.2) is 42.5 Å². The van der Waals surface area contributed by atoms with Gasteiger partial charge in [0.15, 0.2) is 18.0 Å². The van der Waals surface area contributed by atoms with Gasteiger partial charge in [-0.15, -0.1) is 0 Å². The Morgan fingerprint density at radius 1 is 1.14 bits per heavy atom. The molecule has 4 rings (SSSR count). The number of ether oxygens (including phenoxy) is 2. The van der Waals surface area contributed by atoms with Crippen molar-refractivity contribution in [1.29, 1.82) is 0 Å². The van der Waals surface area contributed by atoms with Crippen LogP contribution in [0.2, 0.25) is 5.02 Å². The van der Waals surface area contributed by atoms with Crippen LogP contribution in [-0.4, -0.2) is 51.8 Å². The molecule has 1 atom stereocenters. The van der Waals surface area contributed by atoms with Crippen LogP contribution in [0.25, 0.3) is 0 Å². The topological polar surface area (TPSA) is 55.2 Å². The minimum atomic E-state index is -0.0814. The molecule has 1 saturated heterocycles. The number of benzene rings is 2. The number of amides is 1. The Morgan fingerprint density at radius 2 is 1.86 bits per heavy atom. The van der Waals surface area contributed by atoms with Crippen LogP contribution in [0.3, 0.4) is 0 Å². The number of rotatable bonds is 5. The highest BCUT2D eigenvalue weighted by molar-refractivity contribution is 6.33. The second-order valence-corrected chi connectivity index (χ2v) is 7.96. The van der Waals surface area contributed by atoms with E-state index in [0.717, 1.165) is 54.0 Å². The number of nitrogens with zero attached hydrogens (tertiary/aromatic N) is 1. The van der Waals surface area contributed by atoms with E-state index >= 15 is 0 Å². The van der Waals surface area contributed by atoms with Crippen LogP contribution in [0, 0.1) is 0 Å². The van der Waals surface area contributed by atoms with Gasteiger partial charge in [-0.1, -0.05) is 29.8 Å². The molecule has 0 aliphatic carbocycles. The molecular formula is C22H27ClN3O3+. The van der Waals surface area contributed by atoms with Gasteiger partial charge in [0.2, 0.25) is 0 Å². The molecule has 0 radical (unpaired) electrons. The van der Waals surface area contributed by atoms with Crippen molar-refractivity contribution >= 4 is 23.2 Å². The number of piperazine rings is 1. The lowest BCUT2D eigenvalue weighted by Crippen LogP contribution is -3.16. The molecule has 6 nitrogen and oxygen atoms in total. The molecule has 2 heterocycles.